The molecule has 0 fully saturated rings. The van der Waals surface area contributed by atoms with Gasteiger partial charge in [-0.1, -0.05) is 12.1 Å². The molecule has 2 aliphatic heterocycles. The van der Waals surface area contributed by atoms with E-state index in [9.17, 15) is 9.59 Å². The standard InChI is InChI=1S/C29H30N2O8/c1-30-23-9-10-24(36-4)22(16-38-17-37-12-11-34-2)27(23)39-25-14-19(35-3)13-18(26(25)30)15-31-28(32)20-7-5-6-8-21(20)29(31)33/h5-10,13-14H,11-12,15-17H2,1-4H3. The number of hydrogen-bond acceptors (Lipinski definition) is 9. The zero-order valence-electron chi connectivity index (χ0n) is 22.3. The Kier molecular flexibility index (Phi) is 7.69. The molecule has 0 saturated carbocycles. The zero-order valence-corrected chi connectivity index (χ0v) is 22.3. The Labute approximate surface area is 226 Å². The summed E-state index contributed by atoms with van der Waals surface area (Å²) in [6.07, 6.45) is 0. The van der Waals surface area contributed by atoms with Crippen LogP contribution in [0.15, 0.2) is 48.5 Å². The summed E-state index contributed by atoms with van der Waals surface area (Å²) in [7, 11) is 6.66. The molecule has 2 heterocycles. The van der Waals surface area contributed by atoms with Crippen molar-refractivity contribution in [2.45, 2.75) is 13.2 Å². The summed E-state index contributed by atoms with van der Waals surface area (Å²) in [5.41, 5.74) is 3.71. The van der Waals surface area contributed by atoms with Crippen LogP contribution in [0.25, 0.3) is 0 Å². The lowest BCUT2D eigenvalue weighted by Crippen LogP contribution is -2.30. The average Bonchev–Trinajstić information content (AvgIpc) is 3.19. The molecular formula is C29H30N2O8. The van der Waals surface area contributed by atoms with E-state index in [1.54, 1.807) is 51.7 Å². The molecule has 10 nitrogen and oxygen atoms in total. The number of nitrogens with zero attached hydrogens (tertiary/aromatic N) is 2. The third kappa shape index (κ3) is 4.89. The normalized spacial score (nSPS) is 13.6. The quantitative estimate of drug-likeness (QED) is 0.200. The molecule has 0 unspecified atom stereocenters. The first-order valence-corrected chi connectivity index (χ1v) is 12.4. The van der Waals surface area contributed by atoms with Crippen molar-refractivity contribution in [1.82, 2.24) is 4.90 Å². The number of carbonyl (C=O) groups is 2. The van der Waals surface area contributed by atoms with Crippen LogP contribution < -0.4 is 19.1 Å². The number of fused-ring (bicyclic) bond motifs is 3. The summed E-state index contributed by atoms with van der Waals surface area (Å²) in [5, 5.41) is 0. The molecule has 0 bridgehead atoms. The first-order chi connectivity index (χ1) is 19.0. The lowest BCUT2D eigenvalue weighted by Gasteiger charge is -2.34. The lowest BCUT2D eigenvalue weighted by atomic mass is 10.0. The van der Waals surface area contributed by atoms with Gasteiger partial charge in [-0.15, -0.1) is 0 Å². The molecule has 0 spiro atoms. The molecule has 3 aromatic carbocycles. The van der Waals surface area contributed by atoms with Crippen molar-refractivity contribution in [2.24, 2.45) is 0 Å². The molecule has 3 aromatic rings. The number of methoxy groups -OCH3 is 3. The van der Waals surface area contributed by atoms with E-state index in [-0.39, 0.29) is 31.8 Å². The summed E-state index contributed by atoms with van der Waals surface area (Å²) in [6, 6.07) is 14.2. The molecule has 2 aliphatic rings. The Hall–Kier alpha value is -4.12. The molecule has 5 rings (SSSR count). The monoisotopic (exact) mass is 534 g/mol. The van der Waals surface area contributed by atoms with E-state index >= 15 is 0 Å². The molecule has 0 saturated heterocycles. The minimum absolute atomic E-state index is 0.0554. The van der Waals surface area contributed by atoms with Crippen molar-refractivity contribution in [3.05, 3.63) is 70.8 Å². The van der Waals surface area contributed by atoms with Gasteiger partial charge in [0.25, 0.3) is 11.8 Å². The SMILES string of the molecule is COCCOCOCc1c(OC)ccc2c1Oc1cc(OC)cc(CN3C(=O)c4ccccc4C3=O)c1N2C. The molecule has 204 valence electrons. The number of amides is 2. The Morgan fingerprint density at radius 3 is 2.28 bits per heavy atom. The van der Waals surface area contributed by atoms with Gasteiger partial charge in [0.15, 0.2) is 11.5 Å². The van der Waals surface area contributed by atoms with E-state index in [1.807, 2.05) is 30.1 Å². The number of anilines is 2. The number of carbonyl (C=O) groups excluding carboxylic acids is 2. The Balaban J connectivity index is 1.47. The van der Waals surface area contributed by atoms with Gasteiger partial charge in [-0.2, -0.15) is 0 Å². The highest BCUT2D eigenvalue weighted by Gasteiger charge is 2.37. The minimum Gasteiger partial charge on any atom is -0.497 e. The van der Waals surface area contributed by atoms with Gasteiger partial charge in [-0.25, -0.2) is 0 Å². The van der Waals surface area contributed by atoms with Crippen molar-refractivity contribution in [3.63, 3.8) is 0 Å². The van der Waals surface area contributed by atoms with E-state index in [4.69, 9.17) is 28.4 Å². The first-order valence-electron chi connectivity index (χ1n) is 12.4. The highest BCUT2D eigenvalue weighted by atomic mass is 16.7. The Morgan fingerprint density at radius 1 is 0.872 bits per heavy atom. The second kappa shape index (κ2) is 11.3. The summed E-state index contributed by atoms with van der Waals surface area (Å²) in [4.78, 5) is 29.4. The second-order valence-corrected chi connectivity index (χ2v) is 9.00. The maximum Gasteiger partial charge on any atom is 0.261 e. The van der Waals surface area contributed by atoms with Crippen LogP contribution >= 0.6 is 0 Å². The van der Waals surface area contributed by atoms with Crippen molar-refractivity contribution in [2.75, 3.05) is 53.3 Å². The van der Waals surface area contributed by atoms with Gasteiger partial charge in [0.05, 0.1) is 68.7 Å². The van der Waals surface area contributed by atoms with Crippen LogP contribution in [0.3, 0.4) is 0 Å². The van der Waals surface area contributed by atoms with Crippen LogP contribution in [0.4, 0.5) is 11.4 Å². The second-order valence-electron chi connectivity index (χ2n) is 9.00. The fourth-order valence-electron chi connectivity index (χ4n) is 4.83. The summed E-state index contributed by atoms with van der Waals surface area (Å²) < 4.78 is 33.8. The van der Waals surface area contributed by atoms with Crippen LogP contribution in [0.2, 0.25) is 0 Å². The third-order valence-corrected chi connectivity index (χ3v) is 6.74. The molecule has 0 N–H and O–H groups in total. The number of rotatable bonds is 11. The van der Waals surface area contributed by atoms with E-state index in [1.165, 1.54) is 4.90 Å². The number of hydrogen-bond donors (Lipinski definition) is 0. The number of ether oxygens (including phenoxy) is 6. The van der Waals surface area contributed by atoms with Crippen molar-refractivity contribution >= 4 is 23.2 Å². The fourth-order valence-corrected chi connectivity index (χ4v) is 4.83. The van der Waals surface area contributed by atoms with E-state index in [0.717, 1.165) is 11.4 Å². The topological polar surface area (TPSA) is 96.0 Å². The summed E-state index contributed by atoms with van der Waals surface area (Å²) >= 11 is 0. The summed E-state index contributed by atoms with van der Waals surface area (Å²) in [6.45, 7) is 1.22. The first kappa shape index (κ1) is 26.5. The van der Waals surface area contributed by atoms with Crippen LogP contribution in [-0.2, 0) is 27.4 Å². The third-order valence-electron chi connectivity index (χ3n) is 6.74. The molecule has 0 aliphatic carbocycles. The number of benzene rings is 3. The van der Waals surface area contributed by atoms with Gasteiger partial charge in [0.2, 0.25) is 0 Å². The smallest absolute Gasteiger partial charge is 0.261 e. The maximum atomic E-state index is 13.1. The highest BCUT2D eigenvalue weighted by Crippen LogP contribution is 2.52. The van der Waals surface area contributed by atoms with Gasteiger partial charge >= 0.3 is 0 Å². The van der Waals surface area contributed by atoms with E-state index in [0.29, 0.717) is 58.5 Å². The zero-order chi connectivity index (χ0) is 27.5. The largest absolute Gasteiger partial charge is 0.497 e. The van der Waals surface area contributed by atoms with Gasteiger partial charge < -0.3 is 33.3 Å². The molecule has 39 heavy (non-hydrogen) atoms. The lowest BCUT2D eigenvalue weighted by molar-refractivity contribution is -0.0730. The molecule has 0 aromatic heterocycles. The molecular weight excluding hydrogens is 504 g/mol. The van der Waals surface area contributed by atoms with Gasteiger partial charge in [-0.3, -0.25) is 14.5 Å². The van der Waals surface area contributed by atoms with Gasteiger partial charge in [-0.05, 0) is 30.3 Å². The highest BCUT2D eigenvalue weighted by molar-refractivity contribution is 6.21. The molecule has 2 amide bonds. The van der Waals surface area contributed by atoms with E-state index in [2.05, 4.69) is 0 Å². The van der Waals surface area contributed by atoms with Crippen molar-refractivity contribution in [1.29, 1.82) is 0 Å². The fraction of sp³-hybridized carbons (Fsp3) is 0.310. The predicted molar refractivity (Wildman–Crippen MR) is 142 cm³/mol. The van der Waals surface area contributed by atoms with Crippen LogP contribution in [0.5, 0.6) is 23.0 Å². The predicted octanol–water partition coefficient (Wildman–Crippen LogP) is 4.51. The molecule has 0 atom stereocenters. The summed E-state index contributed by atoms with van der Waals surface area (Å²) in [5.74, 6) is 1.57. The van der Waals surface area contributed by atoms with Crippen LogP contribution in [0, 0.1) is 0 Å². The number of imide groups is 1. The molecule has 10 heteroatoms. The maximum absolute atomic E-state index is 13.1. The minimum atomic E-state index is -0.330. The van der Waals surface area contributed by atoms with Crippen LogP contribution in [-0.4, -0.2) is 65.1 Å². The van der Waals surface area contributed by atoms with Gasteiger partial charge in [0.1, 0.15) is 18.3 Å². The van der Waals surface area contributed by atoms with Crippen molar-refractivity contribution in [3.8, 4) is 23.0 Å². The average molecular weight is 535 g/mol. The molecule has 0 radical (unpaired) electrons. The Morgan fingerprint density at radius 2 is 1.62 bits per heavy atom. The van der Waals surface area contributed by atoms with Gasteiger partial charge in [0, 0.05) is 25.8 Å². The Bertz CT molecular complexity index is 1370. The van der Waals surface area contributed by atoms with E-state index < -0.39 is 0 Å². The van der Waals surface area contributed by atoms with Crippen LogP contribution in [0.1, 0.15) is 31.8 Å². The van der Waals surface area contributed by atoms with Crippen molar-refractivity contribution < 1.29 is 38.0 Å².